The lowest BCUT2D eigenvalue weighted by Crippen LogP contribution is -2.52. The monoisotopic (exact) mass is 585 g/mol. The number of para-hydroxylation sites is 1. The Morgan fingerprint density at radius 3 is 2.28 bits per heavy atom. The first-order valence-electron chi connectivity index (χ1n) is 16.5. The van der Waals surface area contributed by atoms with E-state index in [0.29, 0.717) is 32.1 Å². The van der Waals surface area contributed by atoms with Gasteiger partial charge in [-0.3, -0.25) is 9.59 Å². The average Bonchev–Trinajstić information content (AvgIpc) is 3.04. The van der Waals surface area contributed by atoms with E-state index >= 15 is 0 Å². The van der Waals surface area contributed by atoms with Crippen LogP contribution in [0.3, 0.4) is 0 Å². The number of aryl methyl sites for hydroxylation is 1. The Morgan fingerprint density at radius 2 is 1.53 bits per heavy atom. The van der Waals surface area contributed by atoms with Gasteiger partial charge < -0.3 is 24.9 Å². The molecule has 4 aliphatic rings. The molecule has 0 radical (unpaired) electrons. The van der Waals surface area contributed by atoms with Gasteiger partial charge in [0.2, 0.25) is 11.8 Å². The van der Waals surface area contributed by atoms with Crippen molar-refractivity contribution in [2.24, 2.45) is 5.92 Å². The summed E-state index contributed by atoms with van der Waals surface area (Å²) in [6.45, 7) is 7.84. The summed E-state index contributed by atoms with van der Waals surface area (Å²) in [5.41, 5.74) is 4.29. The number of piperidine rings is 3. The zero-order chi connectivity index (χ0) is 29.8. The summed E-state index contributed by atoms with van der Waals surface area (Å²) in [5, 5.41) is 3.02. The number of hydrogen-bond donors (Lipinski definition) is 1. The topological polar surface area (TPSA) is 76.2 Å². The summed E-state index contributed by atoms with van der Waals surface area (Å²) >= 11 is 0. The van der Waals surface area contributed by atoms with Crippen molar-refractivity contribution in [3.05, 3.63) is 65.2 Å². The molecule has 6 rings (SSSR count). The second kappa shape index (κ2) is 13.5. The van der Waals surface area contributed by atoms with E-state index in [1.165, 1.54) is 37.9 Å². The molecular weight excluding hydrogens is 538 g/mol. The highest BCUT2D eigenvalue weighted by atomic mass is 16.2. The summed E-state index contributed by atoms with van der Waals surface area (Å²) in [4.78, 5) is 49.0. The third-order valence-corrected chi connectivity index (χ3v) is 10.1. The first kappa shape index (κ1) is 29.7. The first-order valence-corrected chi connectivity index (χ1v) is 16.5. The number of nitrogens with zero attached hydrogens (tertiary/aromatic N) is 4. The molecule has 8 nitrogen and oxygen atoms in total. The van der Waals surface area contributed by atoms with Crippen LogP contribution >= 0.6 is 0 Å². The lowest BCUT2D eigenvalue weighted by molar-refractivity contribution is -0.143. The third kappa shape index (κ3) is 7.06. The Kier molecular flexibility index (Phi) is 9.31. The fraction of sp³-hybridized carbons (Fsp3) is 0.571. The molecule has 3 fully saturated rings. The summed E-state index contributed by atoms with van der Waals surface area (Å²) < 4.78 is 0. The molecule has 0 saturated carbocycles. The largest absolute Gasteiger partial charge is 0.343 e. The number of hydrogen-bond acceptors (Lipinski definition) is 4. The summed E-state index contributed by atoms with van der Waals surface area (Å²) in [6, 6.07) is 16.9. The van der Waals surface area contributed by atoms with Gasteiger partial charge in [0.15, 0.2) is 0 Å². The Labute approximate surface area is 256 Å². The third-order valence-electron chi connectivity index (χ3n) is 10.1. The number of likely N-dealkylation sites (tertiary alicyclic amines) is 3. The maximum atomic E-state index is 14.0. The lowest BCUT2D eigenvalue weighted by Gasteiger charge is -2.41. The van der Waals surface area contributed by atoms with Gasteiger partial charge in [-0.1, -0.05) is 54.4 Å². The highest BCUT2D eigenvalue weighted by Crippen LogP contribution is 2.29. The van der Waals surface area contributed by atoms with Crippen LogP contribution in [0.2, 0.25) is 0 Å². The molecule has 0 aromatic heterocycles. The van der Waals surface area contributed by atoms with E-state index in [1.807, 2.05) is 39.0 Å². The maximum absolute atomic E-state index is 14.0. The average molecular weight is 586 g/mol. The van der Waals surface area contributed by atoms with Gasteiger partial charge in [0, 0.05) is 56.9 Å². The predicted molar refractivity (Wildman–Crippen MR) is 169 cm³/mol. The fourth-order valence-electron chi connectivity index (χ4n) is 7.65. The van der Waals surface area contributed by atoms with Gasteiger partial charge in [0.1, 0.15) is 0 Å². The lowest BCUT2D eigenvalue weighted by atomic mass is 9.91. The standard InChI is InChI=1S/C35H47N5O3/c1-26-8-7-9-27(22-26)23-29(34(42)39-20-12-30(13-21-39)37-16-5-2-6-17-37)24-33(41)38-18-14-31(15-19-38)40-25-28-10-3-4-11-32(28)36-35(40)43/h3-4,7-11,22,29-31H,2,5-6,12-21,23-25H2,1H3,(H,36,43). The summed E-state index contributed by atoms with van der Waals surface area (Å²) in [6.07, 6.45) is 8.29. The minimum Gasteiger partial charge on any atom is -0.343 e. The number of carbonyl (C=O) groups is 3. The van der Waals surface area contributed by atoms with E-state index in [9.17, 15) is 14.4 Å². The minimum atomic E-state index is -0.358. The normalized spacial score (nSPS) is 21.3. The van der Waals surface area contributed by atoms with Gasteiger partial charge in [-0.05, 0) is 82.2 Å². The molecule has 4 amide bonds. The quantitative estimate of drug-likeness (QED) is 0.493. The van der Waals surface area contributed by atoms with Crippen LogP contribution in [0.1, 0.15) is 68.1 Å². The van der Waals surface area contributed by atoms with Crippen molar-refractivity contribution in [2.75, 3.05) is 44.6 Å². The SMILES string of the molecule is Cc1cccc(CC(CC(=O)N2CCC(N3Cc4ccccc4NC3=O)CC2)C(=O)N2CCC(N3CCCCC3)CC2)c1. The highest BCUT2D eigenvalue weighted by molar-refractivity contribution is 5.92. The minimum absolute atomic E-state index is 0.0566. The molecular formula is C35H47N5O3. The van der Waals surface area contributed by atoms with Crippen molar-refractivity contribution in [3.8, 4) is 0 Å². The number of amides is 4. The predicted octanol–water partition coefficient (Wildman–Crippen LogP) is 5.06. The van der Waals surface area contributed by atoms with Gasteiger partial charge in [-0.15, -0.1) is 0 Å². The summed E-state index contributed by atoms with van der Waals surface area (Å²) in [5.74, 6) is -0.172. The van der Waals surface area contributed by atoms with Crippen LogP contribution in [-0.2, 0) is 22.6 Å². The van der Waals surface area contributed by atoms with Gasteiger partial charge in [-0.25, -0.2) is 4.79 Å². The molecule has 1 atom stereocenters. The summed E-state index contributed by atoms with van der Waals surface area (Å²) in [7, 11) is 0. The smallest absolute Gasteiger partial charge is 0.322 e. The van der Waals surface area contributed by atoms with Gasteiger partial charge in [0.05, 0.1) is 5.92 Å². The molecule has 230 valence electrons. The van der Waals surface area contributed by atoms with Crippen molar-refractivity contribution in [2.45, 2.75) is 83.3 Å². The molecule has 43 heavy (non-hydrogen) atoms. The second-order valence-corrected chi connectivity index (χ2v) is 13.1. The molecule has 1 unspecified atom stereocenters. The van der Waals surface area contributed by atoms with Crippen LogP contribution in [-0.4, -0.2) is 88.8 Å². The van der Waals surface area contributed by atoms with Crippen molar-refractivity contribution in [1.29, 1.82) is 0 Å². The van der Waals surface area contributed by atoms with Crippen LogP contribution in [0, 0.1) is 12.8 Å². The first-order chi connectivity index (χ1) is 20.9. The Hall–Kier alpha value is -3.39. The second-order valence-electron chi connectivity index (χ2n) is 13.1. The molecule has 0 bridgehead atoms. The van der Waals surface area contributed by atoms with E-state index in [-0.39, 0.29) is 36.2 Å². The number of rotatable bonds is 7. The number of nitrogens with one attached hydrogen (secondary N) is 1. The van der Waals surface area contributed by atoms with Gasteiger partial charge in [0.25, 0.3) is 0 Å². The maximum Gasteiger partial charge on any atom is 0.322 e. The van der Waals surface area contributed by atoms with Gasteiger partial charge in [-0.2, -0.15) is 0 Å². The molecule has 8 heteroatoms. The zero-order valence-electron chi connectivity index (χ0n) is 25.7. The molecule has 3 saturated heterocycles. The van der Waals surface area contributed by atoms with Crippen LogP contribution in [0.5, 0.6) is 0 Å². The molecule has 0 aliphatic carbocycles. The van der Waals surface area contributed by atoms with E-state index in [1.54, 1.807) is 0 Å². The van der Waals surface area contributed by atoms with Gasteiger partial charge >= 0.3 is 6.03 Å². The Bertz CT molecular complexity index is 1290. The molecule has 2 aromatic rings. The van der Waals surface area contributed by atoms with Crippen molar-refractivity contribution >= 4 is 23.5 Å². The molecule has 4 aliphatic heterocycles. The zero-order valence-corrected chi connectivity index (χ0v) is 25.7. The number of carbonyl (C=O) groups excluding carboxylic acids is 3. The van der Waals surface area contributed by atoms with Crippen LogP contribution < -0.4 is 5.32 Å². The Morgan fingerprint density at radius 1 is 0.837 bits per heavy atom. The van der Waals surface area contributed by atoms with E-state index in [4.69, 9.17) is 0 Å². The van der Waals surface area contributed by atoms with Crippen molar-refractivity contribution < 1.29 is 14.4 Å². The number of urea groups is 1. The number of benzene rings is 2. The number of anilines is 1. The number of fused-ring (bicyclic) bond motifs is 1. The van der Waals surface area contributed by atoms with Crippen LogP contribution in [0.15, 0.2) is 48.5 Å². The van der Waals surface area contributed by atoms with Crippen LogP contribution in [0.25, 0.3) is 0 Å². The van der Waals surface area contributed by atoms with E-state index < -0.39 is 0 Å². The highest BCUT2D eigenvalue weighted by Gasteiger charge is 2.36. The van der Waals surface area contributed by atoms with Crippen molar-refractivity contribution in [3.63, 3.8) is 0 Å². The molecule has 1 N–H and O–H groups in total. The van der Waals surface area contributed by atoms with E-state index in [2.05, 4.69) is 41.4 Å². The Balaban J connectivity index is 1.07. The van der Waals surface area contributed by atoms with Crippen molar-refractivity contribution in [1.82, 2.24) is 19.6 Å². The van der Waals surface area contributed by atoms with E-state index in [0.717, 1.165) is 55.6 Å². The van der Waals surface area contributed by atoms with Crippen LogP contribution in [0.4, 0.5) is 10.5 Å². The molecule has 4 heterocycles. The molecule has 0 spiro atoms. The fourth-order valence-corrected chi connectivity index (χ4v) is 7.65. The molecule has 2 aromatic carbocycles.